The second-order valence-corrected chi connectivity index (χ2v) is 7.65. The van der Waals surface area contributed by atoms with E-state index >= 15 is 0 Å². The van der Waals surface area contributed by atoms with Crippen LogP contribution in [0.1, 0.15) is 32.3 Å². The first kappa shape index (κ1) is 19.8. The van der Waals surface area contributed by atoms with Gasteiger partial charge in [-0.05, 0) is 28.0 Å². The van der Waals surface area contributed by atoms with Crippen molar-refractivity contribution in [2.45, 2.75) is 26.7 Å². The number of tetrazole rings is 1. The third-order valence-corrected chi connectivity index (χ3v) is 5.75. The minimum Gasteiger partial charge on any atom is -0.298 e. The molecule has 152 valence electrons. The number of nitrogens with one attached hydrogen (secondary N) is 1. The van der Waals surface area contributed by atoms with Crippen LogP contribution in [0, 0.1) is 0 Å². The van der Waals surface area contributed by atoms with E-state index in [1.165, 1.54) is 0 Å². The molecule has 7 heteroatoms. The van der Waals surface area contributed by atoms with E-state index in [2.05, 4.69) is 34.6 Å². The van der Waals surface area contributed by atoms with Crippen LogP contribution in [0.25, 0.3) is 22.5 Å². The van der Waals surface area contributed by atoms with Gasteiger partial charge in [-0.15, -0.1) is 5.10 Å². The Morgan fingerprint density at radius 1 is 1.03 bits per heavy atom. The van der Waals surface area contributed by atoms with Gasteiger partial charge in [0.05, 0.1) is 7.05 Å². The van der Waals surface area contributed by atoms with Crippen LogP contribution in [0.15, 0.2) is 64.9 Å². The van der Waals surface area contributed by atoms with Crippen molar-refractivity contribution in [2.24, 2.45) is 5.10 Å². The number of quaternary nitrogens is 1. The van der Waals surface area contributed by atoms with Crippen molar-refractivity contribution >= 4 is 12.0 Å². The molecule has 2 heterocycles. The molecular formula is C23H25N6O+. The minimum absolute atomic E-state index is 0.445. The van der Waals surface area contributed by atoms with E-state index in [0.29, 0.717) is 16.0 Å². The van der Waals surface area contributed by atoms with Gasteiger partial charge in [0.15, 0.2) is 12.1 Å². The maximum Gasteiger partial charge on any atom is 0.180 e. The average molecular weight is 401 g/mol. The lowest BCUT2D eigenvalue weighted by atomic mass is 9.96. The predicted octanol–water partition coefficient (Wildman–Crippen LogP) is 3.97. The molecule has 0 aliphatic carbocycles. The normalized spacial score (nSPS) is 18.6. The summed E-state index contributed by atoms with van der Waals surface area (Å²) in [6.45, 7) is 5.06. The Labute approximate surface area is 175 Å². The fourth-order valence-corrected chi connectivity index (χ4v) is 3.84. The summed E-state index contributed by atoms with van der Waals surface area (Å²) in [5, 5.41) is 19.2. The number of unbranched alkanes of at least 4 members (excludes halogenated alkanes) is 1. The molecule has 4 rings (SSSR count). The highest BCUT2D eigenvalue weighted by atomic mass is 16.1. The number of nitrogens with zero attached hydrogens (tertiary/aromatic N) is 5. The van der Waals surface area contributed by atoms with Gasteiger partial charge in [-0.3, -0.25) is 4.79 Å². The van der Waals surface area contributed by atoms with Crippen LogP contribution in [0.4, 0.5) is 0 Å². The lowest BCUT2D eigenvalue weighted by Gasteiger charge is -2.24. The Kier molecular flexibility index (Phi) is 5.37. The van der Waals surface area contributed by atoms with Crippen LogP contribution in [0.2, 0.25) is 0 Å². The lowest BCUT2D eigenvalue weighted by Crippen LogP contribution is -2.35. The van der Waals surface area contributed by atoms with Gasteiger partial charge in [0.2, 0.25) is 0 Å². The van der Waals surface area contributed by atoms with Crippen molar-refractivity contribution in [3.05, 3.63) is 65.4 Å². The summed E-state index contributed by atoms with van der Waals surface area (Å²) in [6.07, 6.45) is 3.09. The molecule has 0 fully saturated rings. The summed E-state index contributed by atoms with van der Waals surface area (Å²) in [7, 11) is 2.07. The Balaban J connectivity index is 1.70. The number of allylic oxidation sites excluding steroid dienone is 2. The zero-order chi connectivity index (χ0) is 21.1. The fraction of sp³-hybridized carbons (Fsp3) is 0.261. The number of rotatable bonds is 7. The van der Waals surface area contributed by atoms with Crippen LogP contribution < -0.4 is 0 Å². The fourth-order valence-electron chi connectivity index (χ4n) is 3.84. The predicted molar refractivity (Wildman–Crippen MR) is 116 cm³/mol. The van der Waals surface area contributed by atoms with Crippen molar-refractivity contribution in [1.82, 2.24) is 20.6 Å². The largest absolute Gasteiger partial charge is 0.298 e. The summed E-state index contributed by atoms with van der Waals surface area (Å²) in [6, 6.07) is 16.1. The third-order valence-electron chi connectivity index (χ3n) is 5.75. The van der Waals surface area contributed by atoms with Crippen molar-refractivity contribution < 1.29 is 9.39 Å². The van der Waals surface area contributed by atoms with Crippen LogP contribution in [-0.4, -0.2) is 50.8 Å². The zero-order valence-electron chi connectivity index (χ0n) is 17.5. The standard InChI is InChI=1S/C23H25N6O/c1-4-5-14-29(3)16(2)21(15-30)22(26-29)18-12-10-17(11-13-18)19-8-6-7-9-20(19)23-24-27-28-25-23/h6-13,15H,4-5,14H2,1-3H3,(H,24,25,27,28)/q+1. The van der Waals surface area contributed by atoms with Gasteiger partial charge in [0.1, 0.15) is 23.5 Å². The smallest absolute Gasteiger partial charge is 0.180 e. The molecular weight excluding hydrogens is 376 g/mol. The first-order valence-corrected chi connectivity index (χ1v) is 10.1. The topological polar surface area (TPSA) is 83.9 Å². The molecule has 30 heavy (non-hydrogen) atoms. The number of benzene rings is 2. The highest BCUT2D eigenvalue weighted by Crippen LogP contribution is 2.33. The van der Waals surface area contributed by atoms with Crippen LogP contribution in [0.5, 0.6) is 0 Å². The third kappa shape index (κ3) is 3.48. The van der Waals surface area contributed by atoms with Gasteiger partial charge in [-0.25, -0.2) is 5.10 Å². The number of aromatic nitrogens is 4. The molecule has 0 saturated heterocycles. The maximum atomic E-state index is 11.9. The molecule has 0 amide bonds. The molecule has 1 aliphatic heterocycles. The van der Waals surface area contributed by atoms with Crippen LogP contribution in [0.3, 0.4) is 0 Å². The Hall–Kier alpha value is -3.45. The zero-order valence-corrected chi connectivity index (χ0v) is 17.5. The first-order chi connectivity index (χ1) is 14.6. The van der Waals surface area contributed by atoms with Crippen molar-refractivity contribution in [3.8, 4) is 22.5 Å². The summed E-state index contributed by atoms with van der Waals surface area (Å²) in [5.74, 6) is 0.626. The lowest BCUT2D eigenvalue weighted by molar-refractivity contribution is -0.877. The molecule has 1 N–H and O–H groups in total. The molecule has 0 saturated carbocycles. The van der Waals surface area contributed by atoms with Gasteiger partial charge >= 0.3 is 0 Å². The van der Waals surface area contributed by atoms with E-state index in [9.17, 15) is 4.79 Å². The second kappa shape index (κ2) is 8.12. The average Bonchev–Trinajstić information content (AvgIpc) is 3.40. The quantitative estimate of drug-likeness (QED) is 0.480. The van der Waals surface area contributed by atoms with Crippen LogP contribution >= 0.6 is 0 Å². The number of carbonyl (C=O) groups excluding carboxylic acids is 1. The molecule has 0 bridgehead atoms. The number of aromatic amines is 1. The molecule has 1 atom stereocenters. The molecule has 1 unspecified atom stereocenters. The Bertz CT molecular complexity index is 1110. The van der Waals surface area contributed by atoms with Crippen molar-refractivity contribution in [1.29, 1.82) is 0 Å². The molecule has 0 radical (unpaired) electrons. The summed E-state index contributed by atoms with van der Waals surface area (Å²) < 4.78 is 0.445. The maximum absolute atomic E-state index is 11.9. The Morgan fingerprint density at radius 2 is 1.73 bits per heavy atom. The molecule has 0 spiro atoms. The number of carbonyl (C=O) groups is 1. The molecule has 1 aliphatic rings. The van der Waals surface area contributed by atoms with E-state index in [-0.39, 0.29) is 0 Å². The first-order valence-electron chi connectivity index (χ1n) is 10.1. The van der Waals surface area contributed by atoms with E-state index in [1.807, 2.05) is 55.5 Å². The van der Waals surface area contributed by atoms with E-state index in [4.69, 9.17) is 5.10 Å². The highest BCUT2D eigenvalue weighted by molar-refractivity contribution is 6.24. The van der Waals surface area contributed by atoms with E-state index in [0.717, 1.165) is 59.3 Å². The van der Waals surface area contributed by atoms with E-state index < -0.39 is 0 Å². The van der Waals surface area contributed by atoms with Gasteiger partial charge in [0.25, 0.3) is 0 Å². The monoisotopic (exact) mass is 401 g/mol. The van der Waals surface area contributed by atoms with Crippen LogP contribution in [-0.2, 0) is 4.79 Å². The summed E-state index contributed by atoms with van der Waals surface area (Å²) in [4.78, 5) is 11.9. The number of H-pyrrole nitrogens is 1. The molecule has 3 aromatic rings. The number of hydrogen-bond acceptors (Lipinski definition) is 5. The molecule has 1 aromatic heterocycles. The molecule has 2 aromatic carbocycles. The minimum atomic E-state index is 0.445. The van der Waals surface area contributed by atoms with Gasteiger partial charge in [0, 0.05) is 18.1 Å². The van der Waals surface area contributed by atoms with Gasteiger partial charge in [-0.2, -0.15) is 4.59 Å². The number of hydrogen-bond donors (Lipinski definition) is 1. The van der Waals surface area contributed by atoms with Crippen molar-refractivity contribution in [2.75, 3.05) is 13.6 Å². The highest BCUT2D eigenvalue weighted by Gasteiger charge is 2.37. The Morgan fingerprint density at radius 3 is 2.37 bits per heavy atom. The van der Waals surface area contributed by atoms with Crippen molar-refractivity contribution in [3.63, 3.8) is 0 Å². The van der Waals surface area contributed by atoms with E-state index in [1.54, 1.807) is 0 Å². The molecule has 7 nitrogen and oxygen atoms in total. The second-order valence-electron chi connectivity index (χ2n) is 7.65. The summed E-state index contributed by atoms with van der Waals surface area (Å²) in [5.41, 5.74) is 6.40. The summed E-state index contributed by atoms with van der Waals surface area (Å²) >= 11 is 0. The SMILES string of the molecule is CCCC[N+]1(C)N=C(c2ccc(-c3ccccc3-c3nnn[nH]3)cc2)C(C=O)=C1C. The number of aldehydes is 1. The van der Waals surface area contributed by atoms with Gasteiger partial charge < -0.3 is 0 Å². The van der Waals surface area contributed by atoms with Gasteiger partial charge in [-0.1, -0.05) is 67.0 Å².